The van der Waals surface area contributed by atoms with Crippen LogP contribution >= 0.6 is 0 Å². The molecule has 3 rings (SSSR count). The van der Waals surface area contributed by atoms with Crippen LogP contribution in [0.1, 0.15) is 52.4 Å². The summed E-state index contributed by atoms with van der Waals surface area (Å²) in [4.78, 5) is 26.9. The maximum Gasteiger partial charge on any atom is 0.248 e. The van der Waals surface area contributed by atoms with E-state index in [1.165, 1.54) is 6.42 Å². The van der Waals surface area contributed by atoms with Gasteiger partial charge in [0.2, 0.25) is 11.8 Å². The zero-order chi connectivity index (χ0) is 17.3. The van der Waals surface area contributed by atoms with Crippen molar-refractivity contribution >= 4 is 11.8 Å². The molecule has 24 heavy (non-hydrogen) atoms. The molecule has 0 aromatic rings. The van der Waals surface area contributed by atoms with Gasteiger partial charge >= 0.3 is 0 Å². The first-order chi connectivity index (χ1) is 11.4. The van der Waals surface area contributed by atoms with Crippen molar-refractivity contribution in [2.75, 3.05) is 19.6 Å². The summed E-state index contributed by atoms with van der Waals surface area (Å²) >= 11 is 0. The lowest BCUT2D eigenvalue weighted by Crippen LogP contribution is -2.59. The van der Waals surface area contributed by atoms with Crippen molar-refractivity contribution in [1.29, 1.82) is 0 Å². The molecule has 0 aromatic carbocycles. The van der Waals surface area contributed by atoms with Gasteiger partial charge in [0.25, 0.3) is 0 Å². The molecular formula is C18H31N3O3. The predicted molar refractivity (Wildman–Crippen MR) is 90.3 cm³/mol. The van der Waals surface area contributed by atoms with E-state index in [0.717, 1.165) is 45.3 Å². The van der Waals surface area contributed by atoms with E-state index < -0.39 is 17.9 Å². The van der Waals surface area contributed by atoms with E-state index in [1.54, 1.807) is 5.48 Å². The summed E-state index contributed by atoms with van der Waals surface area (Å²) in [6.07, 6.45) is 6.25. The first-order valence-electron chi connectivity index (χ1n) is 9.40. The van der Waals surface area contributed by atoms with Gasteiger partial charge in [0.1, 0.15) is 0 Å². The van der Waals surface area contributed by atoms with Crippen LogP contribution in [-0.4, -0.2) is 47.6 Å². The van der Waals surface area contributed by atoms with E-state index in [2.05, 4.69) is 19.2 Å². The van der Waals surface area contributed by atoms with Crippen LogP contribution in [-0.2, 0) is 9.59 Å². The second kappa shape index (κ2) is 7.00. The summed E-state index contributed by atoms with van der Waals surface area (Å²) in [5.74, 6) is 0.542. The Kier molecular flexibility index (Phi) is 5.16. The summed E-state index contributed by atoms with van der Waals surface area (Å²) in [6.45, 7) is 6.87. The minimum Gasteiger partial charge on any atom is -0.341 e. The summed E-state index contributed by atoms with van der Waals surface area (Å²) in [6, 6.07) is -0.495. The molecule has 136 valence electrons. The number of likely N-dealkylation sites (tertiary alicyclic amines) is 1. The molecule has 1 spiro atoms. The molecule has 3 N–H and O–H groups in total. The molecule has 2 atom stereocenters. The molecule has 2 heterocycles. The Bertz CT molecular complexity index is 482. The van der Waals surface area contributed by atoms with Gasteiger partial charge in [-0.15, -0.1) is 0 Å². The Balaban J connectivity index is 1.60. The van der Waals surface area contributed by atoms with Gasteiger partial charge in [-0.1, -0.05) is 13.8 Å². The van der Waals surface area contributed by atoms with Gasteiger partial charge in [0.15, 0.2) is 0 Å². The lowest BCUT2D eigenvalue weighted by atomic mass is 9.81. The summed E-state index contributed by atoms with van der Waals surface area (Å²) in [7, 11) is 0. The molecule has 1 aliphatic carbocycles. The summed E-state index contributed by atoms with van der Waals surface area (Å²) in [5.41, 5.74) is 1.95. The average Bonchev–Trinajstić information content (AvgIpc) is 3.32. The number of rotatable bonds is 4. The van der Waals surface area contributed by atoms with Gasteiger partial charge in [-0.3, -0.25) is 14.8 Å². The Labute approximate surface area is 144 Å². The molecule has 2 amide bonds. The monoisotopic (exact) mass is 337 g/mol. The van der Waals surface area contributed by atoms with Crippen LogP contribution in [0, 0.1) is 23.2 Å². The number of carbonyl (C=O) groups excluding carboxylic acids is 2. The normalized spacial score (nSPS) is 29.8. The molecule has 2 unspecified atom stereocenters. The fourth-order valence-corrected chi connectivity index (χ4v) is 4.52. The Morgan fingerprint density at radius 3 is 2.50 bits per heavy atom. The smallest absolute Gasteiger partial charge is 0.248 e. The largest absolute Gasteiger partial charge is 0.341 e. The molecule has 2 saturated heterocycles. The number of hydroxylamine groups is 1. The highest BCUT2D eigenvalue weighted by Gasteiger charge is 2.52. The number of piperidine rings is 2. The first kappa shape index (κ1) is 17.7. The predicted octanol–water partition coefficient (Wildman–Crippen LogP) is 1.53. The van der Waals surface area contributed by atoms with E-state index in [-0.39, 0.29) is 11.3 Å². The van der Waals surface area contributed by atoms with E-state index in [1.807, 2.05) is 4.90 Å². The average molecular weight is 337 g/mol. The lowest BCUT2D eigenvalue weighted by molar-refractivity contribution is -0.145. The molecule has 0 radical (unpaired) electrons. The molecular weight excluding hydrogens is 306 g/mol. The van der Waals surface area contributed by atoms with Crippen molar-refractivity contribution in [3.05, 3.63) is 0 Å². The van der Waals surface area contributed by atoms with Crippen LogP contribution in [0.3, 0.4) is 0 Å². The van der Waals surface area contributed by atoms with Gasteiger partial charge in [0, 0.05) is 19.6 Å². The van der Waals surface area contributed by atoms with Crippen molar-refractivity contribution in [2.45, 2.75) is 58.4 Å². The topological polar surface area (TPSA) is 81.7 Å². The Morgan fingerprint density at radius 1 is 1.29 bits per heavy atom. The Morgan fingerprint density at radius 2 is 1.96 bits per heavy atom. The highest BCUT2D eigenvalue weighted by atomic mass is 16.5. The second-order valence-corrected chi connectivity index (χ2v) is 8.54. The highest BCUT2D eigenvalue weighted by Crippen LogP contribution is 2.52. The van der Waals surface area contributed by atoms with Gasteiger partial charge < -0.3 is 10.2 Å². The van der Waals surface area contributed by atoms with E-state index in [4.69, 9.17) is 5.21 Å². The third-order valence-electron chi connectivity index (χ3n) is 6.15. The van der Waals surface area contributed by atoms with E-state index in [0.29, 0.717) is 18.3 Å². The zero-order valence-electron chi connectivity index (χ0n) is 14.9. The van der Waals surface area contributed by atoms with Crippen LogP contribution in [0.25, 0.3) is 0 Å². The van der Waals surface area contributed by atoms with Gasteiger partial charge in [0.05, 0.1) is 12.0 Å². The molecule has 6 heteroatoms. The summed E-state index contributed by atoms with van der Waals surface area (Å²) in [5, 5.41) is 12.4. The fraction of sp³-hybridized carbons (Fsp3) is 0.889. The number of hydrogen-bond donors (Lipinski definition) is 3. The van der Waals surface area contributed by atoms with Crippen molar-refractivity contribution < 1.29 is 14.8 Å². The molecule has 6 nitrogen and oxygen atoms in total. The second-order valence-electron chi connectivity index (χ2n) is 8.54. The summed E-state index contributed by atoms with van der Waals surface area (Å²) < 4.78 is 0. The van der Waals surface area contributed by atoms with Crippen LogP contribution in [0.15, 0.2) is 0 Å². The third-order valence-corrected chi connectivity index (χ3v) is 6.15. The van der Waals surface area contributed by atoms with Crippen molar-refractivity contribution in [3.8, 4) is 0 Å². The maximum atomic E-state index is 12.9. The third kappa shape index (κ3) is 3.75. The van der Waals surface area contributed by atoms with Crippen molar-refractivity contribution in [1.82, 2.24) is 15.7 Å². The zero-order valence-corrected chi connectivity index (χ0v) is 14.9. The molecule has 2 aliphatic heterocycles. The van der Waals surface area contributed by atoms with E-state index >= 15 is 0 Å². The van der Waals surface area contributed by atoms with Crippen molar-refractivity contribution in [2.24, 2.45) is 23.2 Å². The molecule has 1 saturated carbocycles. The SMILES string of the molecule is CC(C)CC1CCN(C(=O)C2NCC3(CC3)CC2C(=O)NO)CC1. The first-order valence-corrected chi connectivity index (χ1v) is 9.40. The van der Waals surface area contributed by atoms with Gasteiger partial charge in [-0.2, -0.15) is 0 Å². The minimum absolute atomic E-state index is 0.0297. The van der Waals surface area contributed by atoms with Crippen LogP contribution in [0.5, 0.6) is 0 Å². The number of amides is 2. The molecule has 3 fully saturated rings. The quantitative estimate of drug-likeness (QED) is 0.537. The lowest BCUT2D eigenvalue weighted by Gasteiger charge is -2.40. The highest BCUT2D eigenvalue weighted by molar-refractivity contribution is 5.90. The number of carbonyl (C=O) groups is 2. The van der Waals surface area contributed by atoms with Crippen molar-refractivity contribution in [3.63, 3.8) is 0 Å². The molecule has 0 bridgehead atoms. The van der Waals surface area contributed by atoms with Gasteiger partial charge in [-0.05, 0) is 55.8 Å². The standard InChI is InChI=1S/C18H31N3O3/c1-12(2)9-13-3-7-21(8-4-13)17(23)15-14(16(22)20-24)10-18(5-6-18)11-19-15/h12-15,19,24H,3-11H2,1-2H3,(H,20,22). The number of nitrogens with zero attached hydrogens (tertiary/aromatic N) is 1. The minimum atomic E-state index is -0.495. The number of nitrogens with one attached hydrogen (secondary N) is 2. The fourth-order valence-electron chi connectivity index (χ4n) is 4.52. The van der Waals surface area contributed by atoms with Gasteiger partial charge in [-0.25, -0.2) is 5.48 Å². The number of hydrogen-bond acceptors (Lipinski definition) is 4. The van der Waals surface area contributed by atoms with Crippen LogP contribution in [0.4, 0.5) is 0 Å². The van der Waals surface area contributed by atoms with E-state index in [9.17, 15) is 9.59 Å². The molecule has 3 aliphatic rings. The molecule has 0 aromatic heterocycles. The Hall–Kier alpha value is -1.14. The van der Waals surface area contributed by atoms with Crippen LogP contribution < -0.4 is 10.8 Å². The maximum absolute atomic E-state index is 12.9. The van der Waals surface area contributed by atoms with Crippen LogP contribution in [0.2, 0.25) is 0 Å².